The molecule has 1 saturated heterocycles. The number of hydrogen-bond donors (Lipinski definition) is 2. The zero-order valence-electron chi connectivity index (χ0n) is 9.04. The van der Waals surface area contributed by atoms with Crippen LogP contribution >= 0.6 is 0 Å². The molecule has 3 heteroatoms. The predicted molar refractivity (Wildman–Crippen MR) is 59.2 cm³/mol. The molecule has 1 unspecified atom stereocenters. The van der Waals surface area contributed by atoms with Gasteiger partial charge in [-0.25, -0.2) is 0 Å². The molecule has 0 aromatic carbocycles. The summed E-state index contributed by atoms with van der Waals surface area (Å²) in [5, 5.41) is 3.69. The minimum Gasteiger partial charge on any atom is -0.329 e. The lowest BCUT2D eigenvalue weighted by molar-refractivity contribution is 0.194. The summed E-state index contributed by atoms with van der Waals surface area (Å²) in [5.74, 6) is 1.000. The summed E-state index contributed by atoms with van der Waals surface area (Å²) in [6.07, 6.45) is 5.59. The van der Waals surface area contributed by atoms with Crippen LogP contribution in [0.1, 0.15) is 25.7 Å². The fraction of sp³-hybridized carbons (Fsp3) is 1.00. The topological polar surface area (TPSA) is 41.3 Å². The van der Waals surface area contributed by atoms with E-state index in [1.165, 1.54) is 45.3 Å². The summed E-state index contributed by atoms with van der Waals surface area (Å²) in [7, 11) is 0. The Hall–Kier alpha value is -0.120. The van der Waals surface area contributed by atoms with Crippen LogP contribution in [0.3, 0.4) is 0 Å². The summed E-state index contributed by atoms with van der Waals surface area (Å²) >= 11 is 0. The fourth-order valence-corrected chi connectivity index (χ4v) is 2.26. The van der Waals surface area contributed by atoms with Crippen molar-refractivity contribution in [3.05, 3.63) is 0 Å². The van der Waals surface area contributed by atoms with E-state index >= 15 is 0 Å². The lowest BCUT2D eigenvalue weighted by Gasteiger charge is -2.33. The van der Waals surface area contributed by atoms with E-state index < -0.39 is 0 Å². The van der Waals surface area contributed by atoms with E-state index in [-0.39, 0.29) is 0 Å². The summed E-state index contributed by atoms with van der Waals surface area (Å²) in [5.41, 5.74) is 5.57. The fourth-order valence-electron chi connectivity index (χ4n) is 2.26. The van der Waals surface area contributed by atoms with E-state index in [1.807, 2.05) is 0 Å². The molecule has 0 amide bonds. The van der Waals surface area contributed by atoms with Crippen LogP contribution < -0.4 is 11.1 Å². The molecule has 1 aliphatic carbocycles. The second-order valence-electron chi connectivity index (χ2n) is 4.78. The first-order valence-electron chi connectivity index (χ1n) is 6.04. The van der Waals surface area contributed by atoms with Crippen molar-refractivity contribution in [2.45, 2.75) is 31.7 Å². The molecule has 1 heterocycles. The highest BCUT2D eigenvalue weighted by atomic mass is 15.2. The maximum absolute atomic E-state index is 5.57. The van der Waals surface area contributed by atoms with Crippen molar-refractivity contribution < 1.29 is 0 Å². The van der Waals surface area contributed by atoms with Gasteiger partial charge in [-0.15, -0.1) is 0 Å². The molecular weight excluding hydrogens is 174 g/mol. The Morgan fingerprint density at radius 3 is 2.86 bits per heavy atom. The summed E-state index contributed by atoms with van der Waals surface area (Å²) < 4.78 is 0. The van der Waals surface area contributed by atoms with Gasteiger partial charge in [0.1, 0.15) is 0 Å². The standard InChI is InChI=1S/C11H23N3/c12-5-7-14-6-1-2-11(9-14)13-8-10-3-4-10/h10-11,13H,1-9,12H2. The number of piperidine rings is 1. The molecule has 2 fully saturated rings. The average Bonchev–Trinajstić information content (AvgIpc) is 2.99. The van der Waals surface area contributed by atoms with Crippen molar-refractivity contribution >= 4 is 0 Å². The van der Waals surface area contributed by atoms with Gasteiger partial charge in [-0.05, 0) is 44.7 Å². The minimum atomic E-state index is 0.732. The highest BCUT2D eigenvalue weighted by Crippen LogP contribution is 2.28. The second kappa shape index (κ2) is 5.10. The highest BCUT2D eigenvalue weighted by molar-refractivity contribution is 4.82. The van der Waals surface area contributed by atoms with Gasteiger partial charge < -0.3 is 16.0 Å². The normalized spacial score (nSPS) is 29.4. The van der Waals surface area contributed by atoms with Gasteiger partial charge in [0.05, 0.1) is 0 Å². The van der Waals surface area contributed by atoms with Gasteiger partial charge in [0.2, 0.25) is 0 Å². The number of hydrogen-bond acceptors (Lipinski definition) is 3. The molecular formula is C11H23N3. The molecule has 1 aliphatic heterocycles. The van der Waals surface area contributed by atoms with E-state index in [2.05, 4.69) is 10.2 Å². The van der Waals surface area contributed by atoms with Crippen molar-refractivity contribution in [2.24, 2.45) is 11.7 Å². The monoisotopic (exact) mass is 197 g/mol. The third-order valence-electron chi connectivity index (χ3n) is 3.34. The van der Waals surface area contributed by atoms with E-state index in [4.69, 9.17) is 5.73 Å². The Kier molecular flexibility index (Phi) is 3.79. The van der Waals surface area contributed by atoms with Gasteiger partial charge in [-0.2, -0.15) is 0 Å². The Morgan fingerprint density at radius 2 is 2.14 bits per heavy atom. The van der Waals surface area contributed by atoms with Gasteiger partial charge in [-0.3, -0.25) is 0 Å². The van der Waals surface area contributed by atoms with Gasteiger partial charge in [0, 0.05) is 25.7 Å². The molecule has 3 nitrogen and oxygen atoms in total. The molecule has 1 saturated carbocycles. The number of likely N-dealkylation sites (tertiary alicyclic amines) is 1. The molecule has 0 aromatic rings. The molecule has 0 bridgehead atoms. The van der Waals surface area contributed by atoms with Gasteiger partial charge in [0.15, 0.2) is 0 Å². The van der Waals surface area contributed by atoms with Crippen LogP contribution in [0.25, 0.3) is 0 Å². The highest BCUT2D eigenvalue weighted by Gasteiger charge is 2.24. The Balaban J connectivity index is 1.64. The molecule has 0 spiro atoms. The maximum Gasteiger partial charge on any atom is 0.0195 e. The molecule has 3 N–H and O–H groups in total. The number of nitrogens with one attached hydrogen (secondary N) is 1. The average molecular weight is 197 g/mol. The third kappa shape index (κ3) is 3.23. The number of nitrogens with zero attached hydrogens (tertiary/aromatic N) is 1. The SMILES string of the molecule is NCCN1CCCC(NCC2CC2)C1. The first kappa shape index (κ1) is 10.4. The van der Waals surface area contributed by atoms with Gasteiger partial charge >= 0.3 is 0 Å². The van der Waals surface area contributed by atoms with Crippen molar-refractivity contribution in [2.75, 3.05) is 32.7 Å². The third-order valence-corrected chi connectivity index (χ3v) is 3.34. The quantitative estimate of drug-likeness (QED) is 0.671. The first-order chi connectivity index (χ1) is 6.88. The Bertz CT molecular complexity index is 166. The Labute approximate surface area is 87.0 Å². The number of nitrogens with two attached hydrogens (primary N) is 1. The molecule has 2 aliphatic rings. The van der Waals surface area contributed by atoms with Crippen molar-refractivity contribution in [3.8, 4) is 0 Å². The zero-order valence-corrected chi connectivity index (χ0v) is 9.04. The lowest BCUT2D eigenvalue weighted by Crippen LogP contribution is -2.47. The smallest absolute Gasteiger partial charge is 0.0195 e. The van der Waals surface area contributed by atoms with Crippen molar-refractivity contribution in [1.82, 2.24) is 10.2 Å². The van der Waals surface area contributed by atoms with Crippen LogP contribution in [0.4, 0.5) is 0 Å². The molecule has 14 heavy (non-hydrogen) atoms. The van der Waals surface area contributed by atoms with Crippen LogP contribution in [0.5, 0.6) is 0 Å². The molecule has 82 valence electrons. The minimum absolute atomic E-state index is 0.732. The van der Waals surface area contributed by atoms with E-state index in [1.54, 1.807) is 0 Å². The van der Waals surface area contributed by atoms with Gasteiger partial charge in [0.25, 0.3) is 0 Å². The first-order valence-corrected chi connectivity index (χ1v) is 6.04. The predicted octanol–water partition coefficient (Wildman–Crippen LogP) is 0.409. The summed E-state index contributed by atoms with van der Waals surface area (Å²) in [6, 6.07) is 0.732. The maximum atomic E-state index is 5.57. The number of rotatable bonds is 5. The van der Waals surface area contributed by atoms with Gasteiger partial charge in [-0.1, -0.05) is 0 Å². The summed E-state index contributed by atoms with van der Waals surface area (Å²) in [6.45, 7) is 5.58. The van der Waals surface area contributed by atoms with Crippen LogP contribution in [0.15, 0.2) is 0 Å². The Morgan fingerprint density at radius 1 is 1.29 bits per heavy atom. The van der Waals surface area contributed by atoms with Crippen LogP contribution in [-0.4, -0.2) is 43.7 Å². The zero-order chi connectivity index (χ0) is 9.80. The molecule has 2 rings (SSSR count). The molecule has 0 aromatic heterocycles. The molecule has 0 radical (unpaired) electrons. The van der Waals surface area contributed by atoms with Crippen molar-refractivity contribution in [1.29, 1.82) is 0 Å². The van der Waals surface area contributed by atoms with E-state index in [0.717, 1.165) is 25.0 Å². The largest absolute Gasteiger partial charge is 0.329 e. The second-order valence-corrected chi connectivity index (χ2v) is 4.78. The summed E-state index contributed by atoms with van der Waals surface area (Å²) in [4.78, 5) is 2.49. The van der Waals surface area contributed by atoms with Crippen LogP contribution in [-0.2, 0) is 0 Å². The van der Waals surface area contributed by atoms with E-state index in [0.29, 0.717) is 0 Å². The van der Waals surface area contributed by atoms with Crippen molar-refractivity contribution in [3.63, 3.8) is 0 Å². The lowest BCUT2D eigenvalue weighted by atomic mass is 10.1. The van der Waals surface area contributed by atoms with E-state index in [9.17, 15) is 0 Å². The van der Waals surface area contributed by atoms with Crippen LogP contribution in [0.2, 0.25) is 0 Å². The molecule has 1 atom stereocenters. The van der Waals surface area contributed by atoms with Crippen LogP contribution in [0, 0.1) is 5.92 Å².